The molecule has 0 bridgehead atoms. The van der Waals surface area contributed by atoms with Crippen molar-refractivity contribution >= 4 is 28.7 Å². The molecule has 88 valence electrons. The van der Waals surface area contributed by atoms with E-state index in [0.29, 0.717) is 12.1 Å². The highest BCUT2D eigenvalue weighted by molar-refractivity contribution is 7.80. The fourth-order valence-electron chi connectivity index (χ4n) is 2.10. The molecular formula is C12H18N2S2. The lowest BCUT2D eigenvalue weighted by Crippen LogP contribution is -2.41. The number of rotatable bonds is 3. The number of hydrogen-bond donors (Lipinski definition) is 2. The zero-order valence-electron chi connectivity index (χ0n) is 9.53. The summed E-state index contributed by atoms with van der Waals surface area (Å²) in [6, 6.07) is 3.03. The van der Waals surface area contributed by atoms with E-state index in [1.54, 1.807) is 11.3 Å². The van der Waals surface area contributed by atoms with Gasteiger partial charge in [0.1, 0.15) is 0 Å². The molecule has 1 fully saturated rings. The van der Waals surface area contributed by atoms with Gasteiger partial charge in [0.25, 0.3) is 0 Å². The Labute approximate surface area is 106 Å². The second-order valence-corrected chi connectivity index (χ2v) is 5.57. The fraction of sp³-hybridized carbons (Fsp3) is 0.583. The van der Waals surface area contributed by atoms with Gasteiger partial charge in [0.2, 0.25) is 0 Å². The van der Waals surface area contributed by atoms with Crippen LogP contribution in [0.4, 0.5) is 0 Å². The molecular weight excluding hydrogens is 236 g/mol. The molecule has 0 radical (unpaired) electrons. The minimum atomic E-state index is 0.299. The molecule has 4 heteroatoms. The van der Waals surface area contributed by atoms with E-state index >= 15 is 0 Å². The third kappa shape index (κ3) is 3.19. The topological polar surface area (TPSA) is 24.1 Å². The van der Waals surface area contributed by atoms with Gasteiger partial charge in [-0.05, 0) is 54.4 Å². The van der Waals surface area contributed by atoms with Gasteiger partial charge in [-0.2, -0.15) is 11.3 Å². The van der Waals surface area contributed by atoms with Crippen LogP contribution in [0.15, 0.2) is 16.8 Å². The van der Waals surface area contributed by atoms with Crippen LogP contribution in [0.5, 0.6) is 0 Å². The molecule has 0 spiro atoms. The van der Waals surface area contributed by atoms with E-state index in [4.69, 9.17) is 12.2 Å². The Bertz CT molecular complexity index is 329. The summed E-state index contributed by atoms with van der Waals surface area (Å²) >= 11 is 7.05. The van der Waals surface area contributed by atoms with Crippen LogP contribution < -0.4 is 10.6 Å². The summed E-state index contributed by atoms with van der Waals surface area (Å²) in [4.78, 5) is 0. The molecule has 1 heterocycles. The first-order valence-corrected chi connectivity index (χ1v) is 7.20. The first kappa shape index (κ1) is 11.9. The average Bonchev–Trinajstić information content (AvgIpc) is 2.88. The second kappa shape index (κ2) is 5.64. The van der Waals surface area contributed by atoms with E-state index in [9.17, 15) is 0 Å². The van der Waals surface area contributed by atoms with Gasteiger partial charge in [-0.25, -0.2) is 0 Å². The highest BCUT2D eigenvalue weighted by Gasteiger charge is 2.16. The molecule has 1 saturated carbocycles. The van der Waals surface area contributed by atoms with E-state index in [1.807, 2.05) is 0 Å². The molecule has 1 aromatic rings. The van der Waals surface area contributed by atoms with Crippen molar-refractivity contribution in [2.75, 3.05) is 0 Å². The molecule has 0 saturated heterocycles. The van der Waals surface area contributed by atoms with Crippen molar-refractivity contribution in [3.05, 3.63) is 22.4 Å². The van der Waals surface area contributed by atoms with Crippen molar-refractivity contribution in [1.29, 1.82) is 0 Å². The van der Waals surface area contributed by atoms with Crippen molar-refractivity contribution in [1.82, 2.24) is 10.6 Å². The largest absolute Gasteiger partial charge is 0.360 e. The van der Waals surface area contributed by atoms with Gasteiger partial charge in [0.05, 0.1) is 6.04 Å². The lowest BCUT2D eigenvalue weighted by atomic mass is 10.2. The molecule has 0 aromatic carbocycles. The van der Waals surface area contributed by atoms with Gasteiger partial charge in [0, 0.05) is 6.04 Å². The lowest BCUT2D eigenvalue weighted by Gasteiger charge is -2.19. The first-order valence-electron chi connectivity index (χ1n) is 5.85. The molecule has 1 aromatic heterocycles. The molecule has 1 aliphatic carbocycles. The Hall–Kier alpha value is -0.610. The highest BCUT2D eigenvalue weighted by Crippen LogP contribution is 2.18. The molecule has 0 amide bonds. The molecule has 1 unspecified atom stereocenters. The van der Waals surface area contributed by atoms with Crippen molar-refractivity contribution in [3.63, 3.8) is 0 Å². The van der Waals surface area contributed by atoms with Crippen LogP contribution in [0.25, 0.3) is 0 Å². The van der Waals surface area contributed by atoms with Crippen molar-refractivity contribution < 1.29 is 0 Å². The predicted molar refractivity (Wildman–Crippen MR) is 73.9 cm³/mol. The Morgan fingerprint density at radius 1 is 1.50 bits per heavy atom. The van der Waals surface area contributed by atoms with Gasteiger partial charge in [-0.15, -0.1) is 0 Å². The summed E-state index contributed by atoms with van der Waals surface area (Å²) in [7, 11) is 0. The SMILES string of the molecule is CC(NC(=S)NC1CCCC1)c1ccsc1. The van der Waals surface area contributed by atoms with E-state index in [2.05, 4.69) is 34.4 Å². The van der Waals surface area contributed by atoms with Gasteiger partial charge < -0.3 is 10.6 Å². The van der Waals surface area contributed by atoms with Crippen LogP contribution in [0, 0.1) is 0 Å². The predicted octanol–water partition coefficient (Wildman–Crippen LogP) is 3.22. The Morgan fingerprint density at radius 3 is 2.88 bits per heavy atom. The summed E-state index contributed by atoms with van der Waals surface area (Å²) in [5.41, 5.74) is 1.31. The monoisotopic (exact) mass is 254 g/mol. The van der Waals surface area contributed by atoms with Gasteiger partial charge in [-0.3, -0.25) is 0 Å². The molecule has 0 aliphatic heterocycles. The van der Waals surface area contributed by atoms with Crippen LogP contribution in [-0.4, -0.2) is 11.2 Å². The van der Waals surface area contributed by atoms with Crippen LogP contribution >= 0.6 is 23.6 Å². The van der Waals surface area contributed by atoms with Crippen molar-refractivity contribution in [3.8, 4) is 0 Å². The molecule has 1 aliphatic rings. The summed E-state index contributed by atoms with van der Waals surface area (Å²) in [6.45, 7) is 2.14. The van der Waals surface area contributed by atoms with Crippen molar-refractivity contribution in [2.24, 2.45) is 0 Å². The first-order chi connectivity index (χ1) is 7.75. The molecule has 16 heavy (non-hydrogen) atoms. The summed E-state index contributed by atoms with van der Waals surface area (Å²) in [5.74, 6) is 0. The third-order valence-electron chi connectivity index (χ3n) is 3.08. The van der Waals surface area contributed by atoms with Crippen LogP contribution in [0.1, 0.15) is 44.2 Å². The summed E-state index contributed by atoms with van der Waals surface area (Å²) < 4.78 is 0. The normalized spacial score (nSPS) is 18.3. The van der Waals surface area contributed by atoms with Crippen LogP contribution in [-0.2, 0) is 0 Å². The minimum absolute atomic E-state index is 0.299. The second-order valence-electron chi connectivity index (χ2n) is 4.38. The molecule has 1 atom stereocenters. The fourth-order valence-corrected chi connectivity index (χ4v) is 3.20. The van der Waals surface area contributed by atoms with E-state index in [-0.39, 0.29) is 0 Å². The van der Waals surface area contributed by atoms with Crippen molar-refractivity contribution in [2.45, 2.75) is 44.7 Å². The summed E-state index contributed by atoms with van der Waals surface area (Å²) in [6.07, 6.45) is 5.18. The Morgan fingerprint density at radius 2 is 2.25 bits per heavy atom. The zero-order chi connectivity index (χ0) is 11.4. The molecule has 2 nitrogen and oxygen atoms in total. The maximum absolute atomic E-state index is 5.32. The quantitative estimate of drug-likeness (QED) is 0.810. The number of hydrogen-bond acceptors (Lipinski definition) is 2. The highest BCUT2D eigenvalue weighted by atomic mass is 32.1. The van der Waals surface area contributed by atoms with E-state index < -0.39 is 0 Å². The van der Waals surface area contributed by atoms with Gasteiger partial charge in [0.15, 0.2) is 5.11 Å². The number of thiocarbonyl (C=S) groups is 1. The van der Waals surface area contributed by atoms with Crippen LogP contribution in [0.3, 0.4) is 0 Å². The maximum Gasteiger partial charge on any atom is 0.166 e. The smallest absolute Gasteiger partial charge is 0.166 e. The van der Waals surface area contributed by atoms with E-state index in [0.717, 1.165) is 5.11 Å². The standard InChI is InChI=1S/C12H18N2S2/c1-9(10-6-7-16-8-10)13-12(15)14-11-4-2-3-5-11/h6-9,11H,2-5H2,1H3,(H2,13,14,15). The summed E-state index contributed by atoms with van der Waals surface area (Å²) in [5, 5.41) is 11.8. The van der Waals surface area contributed by atoms with E-state index in [1.165, 1.54) is 31.2 Å². The lowest BCUT2D eigenvalue weighted by molar-refractivity contribution is 0.606. The number of nitrogens with one attached hydrogen (secondary N) is 2. The average molecular weight is 254 g/mol. The Kier molecular flexibility index (Phi) is 4.18. The van der Waals surface area contributed by atoms with Gasteiger partial charge in [-0.1, -0.05) is 12.8 Å². The minimum Gasteiger partial charge on any atom is -0.360 e. The third-order valence-corrected chi connectivity index (χ3v) is 4.02. The van der Waals surface area contributed by atoms with Crippen LogP contribution in [0.2, 0.25) is 0 Å². The zero-order valence-corrected chi connectivity index (χ0v) is 11.2. The maximum atomic E-state index is 5.32. The Balaban J connectivity index is 1.78. The molecule has 2 N–H and O–H groups in total. The van der Waals surface area contributed by atoms with Gasteiger partial charge >= 0.3 is 0 Å². The number of thiophene rings is 1. The molecule has 2 rings (SSSR count).